The topological polar surface area (TPSA) is 37.4 Å². The summed E-state index contributed by atoms with van der Waals surface area (Å²) in [6.45, 7) is 8.99. The molecule has 1 aromatic rings. The Morgan fingerprint density at radius 3 is 2.85 bits per heavy atom. The number of aromatic nitrogens is 1. The quantitative estimate of drug-likeness (QED) is 0.866. The van der Waals surface area contributed by atoms with Gasteiger partial charge in [-0.2, -0.15) is 0 Å². The van der Waals surface area contributed by atoms with Gasteiger partial charge in [0, 0.05) is 56.5 Å². The van der Waals surface area contributed by atoms with Crippen LogP contribution in [0.5, 0.6) is 0 Å². The van der Waals surface area contributed by atoms with Gasteiger partial charge in [0.2, 0.25) is 0 Å². The fourth-order valence-corrected chi connectivity index (χ4v) is 2.74. The smallest absolute Gasteiger partial charge is 0.0469 e. The zero-order valence-corrected chi connectivity index (χ0v) is 13.0. The normalized spacial score (nSPS) is 16.4. The van der Waals surface area contributed by atoms with Crippen molar-refractivity contribution in [3.63, 3.8) is 0 Å². The molecular weight excluding hydrogens is 250 g/mol. The van der Waals surface area contributed by atoms with E-state index in [4.69, 9.17) is 4.74 Å². The third-order valence-electron chi connectivity index (χ3n) is 3.95. The van der Waals surface area contributed by atoms with E-state index in [9.17, 15) is 0 Å². The molecule has 4 heteroatoms. The number of hydrogen-bond acceptors (Lipinski definition) is 4. The van der Waals surface area contributed by atoms with Crippen LogP contribution in [0.4, 0.5) is 5.69 Å². The first-order valence-corrected chi connectivity index (χ1v) is 7.65. The summed E-state index contributed by atoms with van der Waals surface area (Å²) in [7, 11) is 2.19. The minimum Gasteiger partial charge on any atom is -0.381 e. The number of hydrogen-bond donors (Lipinski definition) is 1. The number of rotatable bonds is 6. The van der Waals surface area contributed by atoms with Crippen LogP contribution in [-0.4, -0.2) is 38.3 Å². The van der Waals surface area contributed by atoms with Crippen LogP contribution in [0.2, 0.25) is 0 Å². The molecule has 2 heterocycles. The van der Waals surface area contributed by atoms with E-state index in [1.807, 2.05) is 6.20 Å². The summed E-state index contributed by atoms with van der Waals surface area (Å²) in [6.07, 6.45) is 4.36. The predicted molar refractivity (Wildman–Crippen MR) is 83.2 cm³/mol. The van der Waals surface area contributed by atoms with E-state index in [2.05, 4.69) is 42.2 Å². The van der Waals surface area contributed by atoms with Crippen molar-refractivity contribution < 1.29 is 4.74 Å². The van der Waals surface area contributed by atoms with Gasteiger partial charge in [-0.1, -0.05) is 6.92 Å². The van der Waals surface area contributed by atoms with Crippen molar-refractivity contribution in [3.05, 3.63) is 23.5 Å². The van der Waals surface area contributed by atoms with Gasteiger partial charge in [-0.05, 0) is 38.3 Å². The maximum Gasteiger partial charge on any atom is 0.0469 e. The van der Waals surface area contributed by atoms with E-state index >= 15 is 0 Å². The van der Waals surface area contributed by atoms with Gasteiger partial charge in [-0.3, -0.25) is 4.98 Å². The molecule has 0 aliphatic carbocycles. The zero-order valence-electron chi connectivity index (χ0n) is 13.0. The lowest BCUT2D eigenvalue weighted by molar-refractivity contribution is 0.0685. The fraction of sp³-hybridized carbons (Fsp3) is 0.688. The molecule has 1 saturated heterocycles. The van der Waals surface area contributed by atoms with Crippen LogP contribution in [0.1, 0.15) is 31.0 Å². The Morgan fingerprint density at radius 2 is 2.15 bits per heavy atom. The van der Waals surface area contributed by atoms with Crippen LogP contribution < -0.4 is 10.2 Å². The van der Waals surface area contributed by atoms with Gasteiger partial charge in [-0.25, -0.2) is 0 Å². The summed E-state index contributed by atoms with van der Waals surface area (Å²) in [5.41, 5.74) is 3.68. The molecule has 4 nitrogen and oxygen atoms in total. The molecule has 2 rings (SSSR count). The molecule has 1 aliphatic rings. The number of aryl methyl sites for hydroxylation is 1. The SMILES string of the molecule is CCNCc1cnc(C)cc1N(C)CC1CCOCC1. The average Bonchev–Trinajstić information content (AvgIpc) is 2.47. The number of nitrogens with one attached hydrogen (secondary N) is 1. The first-order valence-electron chi connectivity index (χ1n) is 7.65. The summed E-state index contributed by atoms with van der Waals surface area (Å²) in [5.74, 6) is 0.745. The highest BCUT2D eigenvalue weighted by atomic mass is 16.5. The second kappa shape index (κ2) is 7.60. The number of ether oxygens (including phenoxy) is 1. The Hall–Kier alpha value is -1.13. The Kier molecular flexibility index (Phi) is 5.80. The molecule has 0 atom stereocenters. The maximum absolute atomic E-state index is 5.44. The predicted octanol–water partition coefficient (Wildman–Crippen LogP) is 2.36. The van der Waals surface area contributed by atoms with Gasteiger partial charge in [0.1, 0.15) is 0 Å². The number of nitrogens with zero attached hydrogens (tertiary/aromatic N) is 2. The van der Waals surface area contributed by atoms with Crippen molar-refractivity contribution in [2.75, 3.05) is 38.3 Å². The molecule has 0 aromatic carbocycles. The molecule has 112 valence electrons. The second-order valence-electron chi connectivity index (χ2n) is 5.67. The first-order chi connectivity index (χ1) is 9.70. The van der Waals surface area contributed by atoms with Gasteiger partial charge >= 0.3 is 0 Å². The molecule has 1 aliphatic heterocycles. The zero-order chi connectivity index (χ0) is 14.4. The maximum atomic E-state index is 5.44. The number of anilines is 1. The minimum atomic E-state index is 0.745. The summed E-state index contributed by atoms with van der Waals surface area (Å²) >= 11 is 0. The van der Waals surface area contributed by atoms with E-state index in [1.54, 1.807) is 0 Å². The molecule has 0 bridgehead atoms. The molecule has 1 fully saturated rings. The van der Waals surface area contributed by atoms with Crippen LogP contribution in [0.25, 0.3) is 0 Å². The molecule has 0 radical (unpaired) electrons. The molecule has 1 N–H and O–H groups in total. The lowest BCUT2D eigenvalue weighted by atomic mass is 9.99. The van der Waals surface area contributed by atoms with Gasteiger partial charge in [-0.15, -0.1) is 0 Å². The van der Waals surface area contributed by atoms with Crippen molar-refractivity contribution in [2.24, 2.45) is 5.92 Å². The first kappa shape index (κ1) is 15.3. The van der Waals surface area contributed by atoms with Gasteiger partial charge in [0.05, 0.1) is 0 Å². The van der Waals surface area contributed by atoms with Gasteiger partial charge < -0.3 is 15.0 Å². The highest BCUT2D eigenvalue weighted by Gasteiger charge is 2.17. The van der Waals surface area contributed by atoms with Crippen molar-refractivity contribution >= 4 is 5.69 Å². The Bertz CT molecular complexity index is 416. The van der Waals surface area contributed by atoms with Crippen molar-refractivity contribution in [1.82, 2.24) is 10.3 Å². The third kappa shape index (κ3) is 4.18. The lowest BCUT2D eigenvalue weighted by Gasteiger charge is -2.30. The van der Waals surface area contributed by atoms with Crippen LogP contribution in [0, 0.1) is 12.8 Å². The van der Waals surface area contributed by atoms with Crippen LogP contribution >= 0.6 is 0 Å². The largest absolute Gasteiger partial charge is 0.381 e. The van der Waals surface area contributed by atoms with Crippen molar-refractivity contribution in [3.8, 4) is 0 Å². The molecule has 0 saturated carbocycles. The average molecular weight is 277 g/mol. The third-order valence-corrected chi connectivity index (χ3v) is 3.95. The van der Waals surface area contributed by atoms with Gasteiger partial charge in [0.25, 0.3) is 0 Å². The van der Waals surface area contributed by atoms with E-state index in [-0.39, 0.29) is 0 Å². The highest BCUT2D eigenvalue weighted by molar-refractivity contribution is 5.53. The minimum absolute atomic E-state index is 0.745. The standard InChI is InChI=1S/C16H27N3O/c1-4-17-10-15-11-18-13(2)9-16(15)19(3)12-14-5-7-20-8-6-14/h9,11,14,17H,4-8,10,12H2,1-3H3. The molecule has 0 amide bonds. The van der Waals surface area contributed by atoms with Crippen molar-refractivity contribution in [2.45, 2.75) is 33.2 Å². The Morgan fingerprint density at radius 1 is 1.40 bits per heavy atom. The van der Waals surface area contributed by atoms with E-state index < -0.39 is 0 Å². The summed E-state index contributed by atoms with van der Waals surface area (Å²) in [6, 6.07) is 2.20. The second-order valence-corrected chi connectivity index (χ2v) is 5.67. The van der Waals surface area contributed by atoms with E-state index in [0.29, 0.717) is 0 Å². The summed E-state index contributed by atoms with van der Waals surface area (Å²) in [4.78, 5) is 6.82. The highest BCUT2D eigenvalue weighted by Crippen LogP contribution is 2.23. The van der Waals surface area contributed by atoms with Gasteiger partial charge in [0.15, 0.2) is 0 Å². The summed E-state index contributed by atoms with van der Waals surface area (Å²) < 4.78 is 5.44. The Balaban J connectivity index is 2.06. The molecule has 0 spiro atoms. The monoisotopic (exact) mass is 277 g/mol. The molecule has 0 unspecified atom stereocenters. The fourth-order valence-electron chi connectivity index (χ4n) is 2.74. The Labute approximate surface area is 122 Å². The van der Waals surface area contributed by atoms with Crippen LogP contribution in [-0.2, 0) is 11.3 Å². The van der Waals surface area contributed by atoms with E-state index in [1.165, 1.54) is 24.1 Å². The van der Waals surface area contributed by atoms with E-state index in [0.717, 1.165) is 44.5 Å². The number of pyridine rings is 1. The van der Waals surface area contributed by atoms with Crippen molar-refractivity contribution in [1.29, 1.82) is 0 Å². The lowest BCUT2D eigenvalue weighted by Crippen LogP contribution is -2.30. The molecule has 20 heavy (non-hydrogen) atoms. The molecule has 1 aromatic heterocycles. The van der Waals surface area contributed by atoms with Crippen LogP contribution in [0.15, 0.2) is 12.3 Å². The molecular formula is C16H27N3O. The summed E-state index contributed by atoms with van der Waals surface area (Å²) in [5, 5.41) is 3.40. The van der Waals surface area contributed by atoms with Crippen LogP contribution in [0.3, 0.4) is 0 Å².